The maximum atomic E-state index is 14.4. The van der Waals surface area contributed by atoms with Crippen LogP contribution >= 0.6 is 19.3 Å². The van der Waals surface area contributed by atoms with Crippen LogP contribution in [-0.2, 0) is 35.4 Å². The van der Waals surface area contributed by atoms with E-state index in [9.17, 15) is 36.7 Å². The zero-order valence-electron chi connectivity index (χ0n) is 38.0. The minimum absolute atomic E-state index is 0.106. The zero-order chi connectivity index (χ0) is 49.6. The van der Waals surface area contributed by atoms with E-state index in [0.29, 0.717) is 62.5 Å². The lowest BCUT2D eigenvalue weighted by molar-refractivity contribution is -0.131. The number of benzene rings is 6. The number of ether oxygens (including phenoxy) is 1. The van der Waals surface area contributed by atoms with E-state index in [1.165, 1.54) is 37.2 Å². The molecule has 17 nitrogen and oxygen atoms in total. The number of fused-ring (bicyclic) bond motifs is 1. The number of anilines is 3. The fourth-order valence-corrected chi connectivity index (χ4v) is 9.89. The van der Waals surface area contributed by atoms with Crippen molar-refractivity contribution in [2.45, 2.75) is 31.4 Å². The Kier molecular flexibility index (Phi) is 17.6. The number of carbonyl (C=O) groups excluding carboxylic acids is 4. The van der Waals surface area contributed by atoms with E-state index in [4.69, 9.17) is 9.26 Å². The second kappa shape index (κ2) is 23.7. The number of carbonyl (C=O) groups is 4. The molecule has 0 saturated carbocycles. The summed E-state index contributed by atoms with van der Waals surface area (Å²) in [5.74, 6) is 0.191. The summed E-state index contributed by atoms with van der Waals surface area (Å²) in [6.07, 6.45) is 0. The van der Waals surface area contributed by atoms with E-state index in [1.807, 2.05) is 43.3 Å². The fourth-order valence-electron chi connectivity index (χ4n) is 6.50. The number of Topliss-reactive ketones (excluding diaryl/α,β-unsaturated/α-hetero) is 1. The molecule has 6 aromatic rings. The largest absolute Gasteiger partial charge is 0.427 e. The number of hydrogen-bond acceptors (Lipinski definition) is 14. The SMILES string of the molecule is CC(=O)Oc1ccc(COP(=O)(C=CSC[C@H](NC(=O)c2ccc(N=Nc3ccc(N(C)C)cc3)cc2)C(C)=O)Nc2ccc(C(=O)NCCNc3cccc4c(S(=O)(=O)O)cccc34)cc2)cc1. The third-order valence-electron chi connectivity index (χ3n) is 10.1. The molecule has 6 aromatic carbocycles. The van der Waals surface area contributed by atoms with Gasteiger partial charge < -0.3 is 35.2 Å². The third kappa shape index (κ3) is 15.2. The summed E-state index contributed by atoms with van der Waals surface area (Å²) >= 11 is 1.14. The van der Waals surface area contributed by atoms with Gasteiger partial charge in [0.25, 0.3) is 21.9 Å². The van der Waals surface area contributed by atoms with Gasteiger partial charge in [0, 0.05) is 84.6 Å². The molecule has 2 amide bonds. The van der Waals surface area contributed by atoms with Gasteiger partial charge in [-0.25, -0.2) is 0 Å². The van der Waals surface area contributed by atoms with Crippen LogP contribution in [-0.4, -0.2) is 75.5 Å². The van der Waals surface area contributed by atoms with Gasteiger partial charge in [-0.05, 0) is 115 Å². The zero-order valence-corrected chi connectivity index (χ0v) is 40.5. The van der Waals surface area contributed by atoms with E-state index < -0.39 is 35.6 Å². The van der Waals surface area contributed by atoms with Crippen molar-refractivity contribution in [3.63, 3.8) is 0 Å². The number of nitrogens with zero attached hydrogens (tertiary/aromatic N) is 3. The van der Waals surface area contributed by atoms with Crippen molar-refractivity contribution in [2.75, 3.05) is 48.2 Å². The molecule has 0 radical (unpaired) electrons. The van der Waals surface area contributed by atoms with Crippen molar-refractivity contribution in [3.8, 4) is 5.75 Å². The molecular weight excluding hydrogens is 942 g/mol. The van der Waals surface area contributed by atoms with Crippen LogP contribution in [0.15, 0.2) is 160 Å². The third-order valence-corrected chi connectivity index (χ3v) is 13.7. The van der Waals surface area contributed by atoms with E-state index >= 15 is 0 Å². The molecule has 358 valence electrons. The molecule has 0 heterocycles. The van der Waals surface area contributed by atoms with Gasteiger partial charge in [0.05, 0.1) is 24.0 Å². The predicted octanol–water partition coefficient (Wildman–Crippen LogP) is 9.75. The highest BCUT2D eigenvalue weighted by Crippen LogP contribution is 2.49. The first-order chi connectivity index (χ1) is 33.0. The lowest BCUT2D eigenvalue weighted by Crippen LogP contribution is -2.41. The molecule has 0 aliphatic carbocycles. The Hall–Kier alpha value is -7.15. The van der Waals surface area contributed by atoms with Crippen molar-refractivity contribution in [1.29, 1.82) is 0 Å². The van der Waals surface area contributed by atoms with E-state index in [2.05, 4.69) is 31.3 Å². The summed E-state index contributed by atoms with van der Waals surface area (Å²) in [7, 11) is -4.38. The Morgan fingerprint density at radius 3 is 2.00 bits per heavy atom. The van der Waals surface area contributed by atoms with Crippen molar-refractivity contribution >= 4 is 92.2 Å². The van der Waals surface area contributed by atoms with Crippen LogP contribution in [0.4, 0.5) is 28.4 Å². The van der Waals surface area contributed by atoms with Crippen LogP contribution in [0.1, 0.15) is 40.1 Å². The van der Waals surface area contributed by atoms with Gasteiger partial charge >= 0.3 is 13.5 Å². The molecule has 0 fully saturated rings. The molecule has 0 saturated heterocycles. The van der Waals surface area contributed by atoms with E-state index in [-0.39, 0.29) is 35.5 Å². The van der Waals surface area contributed by atoms with Gasteiger partial charge in [0.2, 0.25) is 0 Å². The highest BCUT2D eigenvalue weighted by atomic mass is 32.2. The van der Waals surface area contributed by atoms with E-state index in [1.54, 1.807) is 97.1 Å². The second-order valence-electron chi connectivity index (χ2n) is 15.5. The first-order valence-corrected chi connectivity index (χ1v) is 25.5. The first-order valence-electron chi connectivity index (χ1n) is 21.3. The highest BCUT2D eigenvalue weighted by molar-refractivity contribution is 8.02. The van der Waals surface area contributed by atoms with Gasteiger partial charge in [0.1, 0.15) is 10.6 Å². The standard InChI is InChI=1S/C49H50N7O10PS2/c1-33(57)46(52-49(60)37-13-17-38(18-14-37)53-54-39-21-23-41(24-22-39)56(3)4)32-68-30-29-67(61,65-31-35-11-25-42(26-12-35)66-34(2)58)55-40-19-15-36(16-20-40)48(59)51-28-27-50-45-9-5-8-44-43(45)7-6-10-47(44)69(62,63)64/h5-26,29-30,46,50H,27-28,31-32H2,1-4H3,(H,51,59)(H,52,60)(H,55,61)(H,62,63,64)/t46-,67?/m0/s1. The molecule has 69 heavy (non-hydrogen) atoms. The molecule has 2 atom stereocenters. The number of rotatable bonds is 22. The Balaban J connectivity index is 1.06. The Labute approximate surface area is 404 Å². The predicted molar refractivity (Wildman–Crippen MR) is 270 cm³/mol. The number of amides is 2. The minimum atomic E-state index is -4.43. The maximum absolute atomic E-state index is 14.4. The average Bonchev–Trinajstić information content (AvgIpc) is 3.32. The van der Waals surface area contributed by atoms with Crippen molar-refractivity contribution < 1.29 is 46.0 Å². The van der Waals surface area contributed by atoms with Crippen LogP contribution < -0.4 is 30.7 Å². The van der Waals surface area contributed by atoms with Gasteiger partial charge in [-0.15, -0.1) is 11.8 Å². The number of azo groups is 1. The summed E-state index contributed by atoms with van der Waals surface area (Å²) in [4.78, 5) is 52.1. The molecule has 0 spiro atoms. The molecule has 0 aliphatic rings. The molecule has 0 aliphatic heterocycles. The van der Waals surface area contributed by atoms with Crippen molar-refractivity contribution in [3.05, 3.63) is 161 Å². The van der Waals surface area contributed by atoms with Gasteiger partial charge in [-0.1, -0.05) is 36.4 Å². The smallest absolute Gasteiger partial charge is 0.317 e. The van der Waals surface area contributed by atoms with Crippen molar-refractivity contribution in [2.24, 2.45) is 10.2 Å². The molecule has 20 heteroatoms. The monoisotopic (exact) mass is 991 g/mol. The summed E-state index contributed by atoms with van der Waals surface area (Å²) in [6, 6.07) is 35.5. The van der Waals surface area contributed by atoms with Gasteiger partial charge in [-0.3, -0.25) is 28.3 Å². The fraction of sp³-hybridized carbons (Fsp3) is 0.184. The summed E-state index contributed by atoms with van der Waals surface area (Å²) in [5, 5.41) is 22.7. The molecular formula is C49H50N7O10PS2. The van der Waals surface area contributed by atoms with E-state index in [0.717, 1.165) is 17.4 Å². The maximum Gasteiger partial charge on any atom is 0.317 e. The van der Waals surface area contributed by atoms with Crippen molar-refractivity contribution in [1.82, 2.24) is 10.6 Å². The average molecular weight is 992 g/mol. The normalized spacial score (nSPS) is 12.8. The van der Waals surface area contributed by atoms with Crippen LogP contribution in [0.2, 0.25) is 0 Å². The summed E-state index contributed by atoms with van der Waals surface area (Å²) < 4.78 is 58.8. The lowest BCUT2D eigenvalue weighted by atomic mass is 10.1. The number of hydrogen-bond donors (Lipinski definition) is 5. The second-order valence-corrected chi connectivity index (χ2v) is 19.8. The quantitative estimate of drug-likeness (QED) is 0.0106. The van der Waals surface area contributed by atoms with Crippen LogP contribution in [0.25, 0.3) is 10.8 Å². The van der Waals surface area contributed by atoms with Crippen LogP contribution in [0, 0.1) is 0 Å². The number of ketones is 1. The van der Waals surface area contributed by atoms with Gasteiger partial charge in [-0.2, -0.15) is 18.6 Å². The summed E-state index contributed by atoms with van der Waals surface area (Å²) in [6.45, 7) is 3.06. The first kappa shape index (κ1) is 51.2. The van der Waals surface area contributed by atoms with Crippen LogP contribution in [0.5, 0.6) is 5.75 Å². The minimum Gasteiger partial charge on any atom is -0.427 e. The Morgan fingerprint density at radius 2 is 1.38 bits per heavy atom. The topological polar surface area (TPSA) is 234 Å². The van der Waals surface area contributed by atoms with Gasteiger partial charge in [0.15, 0.2) is 5.78 Å². The molecule has 0 bridgehead atoms. The summed E-state index contributed by atoms with van der Waals surface area (Å²) in [5.41, 5.74) is 4.50. The van der Waals surface area contributed by atoms with Crippen LogP contribution in [0.3, 0.4) is 0 Å². The molecule has 1 unspecified atom stereocenters. The number of esters is 1. The lowest BCUT2D eigenvalue weighted by Gasteiger charge is -2.18. The number of thioether (sulfide) groups is 1. The Morgan fingerprint density at radius 1 is 0.768 bits per heavy atom. The highest BCUT2D eigenvalue weighted by Gasteiger charge is 2.22. The Bertz CT molecular complexity index is 3010. The molecule has 0 aromatic heterocycles. The molecule has 6 rings (SSSR count). The number of nitrogens with one attached hydrogen (secondary N) is 4. The molecule has 5 N–H and O–H groups in total.